The minimum Gasteiger partial charge on any atom is -0.475 e. The lowest BCUT2D eigenvalue weighted by atomic mass is 10.0. The van der Waals surface area contributed by atoms with E-state index in [2.05, 4.69) is 43.0 Å². The number of hydrogen-bond donors (Lipinski definition) is 2. The van der Waals surface area contributed by atoms with Gasteiger partial charge in [0.15, 0.2) is 0 Å². The van der Waals surface area contributed by atoms with Crippen LogP contribution in [0.25, 0.3) is 10.9 Å². The average molecular weight is 285 g/mol. The quantitative estimate of drug-likeness (QED) is 0.906. The molecule has 0 aliphatic heterocycles. The molecular weight excluding hydrogens is 266 g/mol. The summed E-state index contributed by atoms with van der Waals surface area (Å²) in [6, 6.07) is 7.71. The summed E-state index contributed by atoms with van der Waals surface area (Å²) in [4.78, 5) is 19.5. The average Bonchev–Trinajstić information content (AvgIpc) is 2.80. The summed E-state index contributed by atoms with van der Waals surface area (Å²) >= 11 is 0. The zero-order valence-electron chi connectivity index (χ0n) is 12.6. The van der Waals surface area contributed by atoms with Crippen molar-refractivity contribution < 1.29 is 9.90 Å². The summed E-state index contributed by atoms with van der Waals surface area (Å²) in [5.74, 6) is -0.688. The van der Waals surface area contributed by atoms with Crippen LogP contribution in [0.3, 0.4) is 0 Å². The first-order valence-corrected chi connectivity index (χ1v) is 7.02. The van der Waals surface area contributed by atoms with Gasteiger partial charge in [-0.1, -0.05) is 39.8 Å². The van der Waals surface area contributed by atoms with Gasteiger partial charge in [0.1, 0.15) is 5.82 Å². The van der Waals surface area contributed by atoms with Gasteiger partial charge in [0.2, 0.25) is 5.82 Å². The lowest BCUT2D eigenvalue weighted by Gasteiger charge is -2.11. The van der Waals surface area contributed by atoms with Crippen LogP contribution in [-0.2, 0) is 0 Å². The normalized spacial score (nSPS) is 19.4. The number of aromatic carboxylic acids is 1. The van der Waals surface area contributed by atoms with E-state index in [1.807, 2.05) is 18.2 Å². The summed E-state index contributed by atoms with van der Waals surface area (Å²) in [6.07, 6.45) is 0. The van der Waals surface area contributed by atoms with E-state index in [-0.39, 0.29) is 22.7 Å². The highest BCUT2D eigenvalue weighted by atomic mass is 16.4. The molecule has 5 nitrogen and oxygen atoms in total. The van der Waals surface area contributed by atoms with Crippen molar-refractivity contribution in [2.24, 2.45) is 10.8 Å². The summed E-state index contributed by atoms with van der Waals surface area (Å²) in [5.41, 5.74) is 0.925. The van der Waals surface area contributed by atoms with Gasteiger partial charge in [-0.15, -0.1) is 0 Å². The Morgan fingerprint density at radius 3 is 2.33 bits per heavy atom. The summed E-state index contributed by atoms with van der Waals surface area (Å²) in [5, 5.41) is 13.4. The lowest BCUT2D eigenvalue weighted by molar-refractivity contribution is 0.0684. The predicted octanol–water partition coefficient (Wildman–Crippen LogP) is 3.17. The van der Waals surface area contributed by atoms with E-state index >= 15 is 0 Å². The largest absolute Gasteiger partial charge is 0.475 e. The molecule has 0 amide bonds. The maximum Gasteiger partial charge on any atom is 0.374 e. The number of rotatable bonds is 3. The number of hydrogen-bond acceptors (Lipinski definition) is 4. The molecule has 21 heavy (non-hydrogen) atoms. The van der Waals surface area contributed by atoms with Crippen LogP contribution >= 0.6 is 0 Å². The van der Waals surface area contributed by atoms with Crippen molar-refractivity contribution in [3.63, 3.8) is 0 Å². The van der Waals surface area contributed by atoms with Crippen molar-refractivity contribution >= 4 is 22.7 Å². The number of carboxylic acids is 1. The van der Waals surface area contributed by atoms with Crippen molar-refractivity contribution in [1.29, 1.82) is 0 Å². The molecule has 1 heterocycles. The highest BCUT2D eigenvalue weighted by Crippen LogP contribution is 2.63. The molecule has 0 saturated heterocycles. The third-order valence-corrected chi connectivity index (χ3v) is 5.10. The van der Waals surface area contributed by atoms with E-state index in [9.17, 15) is 9.90 Å². The Labute approximate surface area is 123 Å². The number of carbonyl (C=O) groups is 1. The molecule has 1 aliphatic rings. The van der Waals surface area contributed by atoms with Crippen molar-refractivity contribution in [3.8, 4) is 0 Å². The second-order valence-electron chi connectivity index (χ2n) is 6.74. The van der Waals surface area contributed by atoms with Gasteiger partial charge < -0.3 is 10.4 Å². The molecule has 3 rings (SSSR count). The Hall–Kier alpha value is -2.17. The second kappa shape index (κ2) is 4.16. The molecule has 0 atom stereocenters. The van der Waals surface area contributed by atoms with E-state index in [0.717, 1.165) is 5.39 Å². The molecule has 1 aromatic heterocycles. The number of carboxylic acid groups (broad SMARTS) is 1. The Morgan fingerprint density at radius 1 is 1.14 bits per heavy atom. The SMILES string of the molecule is CC1(C)C(Nc2nc(C(=O)O)nc3ccccc23)C1(C)C. The van der Waals surface area contributed by atoms with Crippen LogP contribution in [0.5, 0.6) is 0 Å². The Morgan fingerprint density at radius 2 is 1.76 bits per heavy atom. The van der Waals surface area contributed by atoms with Gasteiger partial charge in [-0.3, -0.25) is 0 Å². The fourth-order valence-corrected chi connectivity index (χ4v) is 2.98. The first-order chi connectivity index (χ1) is 9.75. The Balaban J connectivity index is 2.08. The molecule has 1 fully saturated rings. The predicted molar refractivity (Wildman–Crippen MR) is 81.5 cm³/mol. The number of fused-ring (bicyclic) bond motifs is 1. The molecule has 0 unspecified atom stereocenters. The van der Waals surface area contributed by atoms with Gasteiger partial charge in [0.05, 0.1) is 5.52 Å². The third-order valence-electron chi connectivity index (χ3n) is 5.10. The van der Waals surface area contributed by atoms with Gasteiger partial charge in [0.25, 0.3) is 0 Å². The molecule has 1 aromatic carbocycles. The second-order valence-corrected chi connectivity index (χ2v) is 6.74. The molecule has 2 aromatic rings. The first-order valence-electron chi connectivity index (χ1n) is 7.02. The lowest BCUT2D eigenvalue weighted by Crippen LogP contribution is -2.14. The molecular formula is C16H19N3O2. The van der Waals surface area contributed by atoms with E-state index in [4.69, 9.17) is 0 Å². The molecule has 0 spiro atoms. The van der Waals surface area contributed by atoms with Gasteiger partial charge in [-0.2, -0.15) is 0 Å². The van der Waals surface area contributed by atoms with Crippen molar-refractivity contribution in [1.82, 2.24) is 9.97 Å². The molecule has 0 radical (unpaired) electrons. The van der Waals surface area contributed by atoms with Crippen molar-refractivity contribution in [3.05, 3.63) is 30.1 Å². The molecule has 0 bridgehead atoms. The molecule has 5 heteroatoms. The summed E-state index contributed by atoms with van der Waals surface area (Å²) < 4.78 is 0. The zero-order valence-corrected chi connectivity index (χ0v) is 12.6. The highest BCUT2D eigenvalue weighted by molar-refractivity contribution is 5.93. The van der Waals surface area contributed by atoms with Crippen molar-refractivity contribution in [2.45, 2.75) is 33.7 Å². The molecule has 1 saturated carbocycles. The third kappa shape index (κ3) is 1.95. The van der Waals surface area contributed by atoms with E-state index in [1.165, 1.54) is 0 Å². The van der Waals surface area contributed by atoms with Gasteiger partial charge in [-0.05, 0) is 23.0 Å². The maximum absolute atomic E-state index is 11.2. The van der Waals surface area contributed by atoms with Crippen LogP contribution < -0.4 is 5.32 Å². The van der Waals surface area contributed by atoms with Crippen LogP contribution in [0, 0.1) is 10.8 Å². The fraction of sp³-hybridized carbons (Fsp3) is 0.438. The maximum atomic E-state index is 11.2. The standard InChI is InChI=1S/C16H19N3O2/c1-15(2)14(16(15,3)4)19-11-9-7-5-6-8-10(9)17-12(18-11)13(20)21/h5-8,14H,1-4H3,(H,20,21)(H,17,18,19). The summed E-state index contributed by atoms with van der Waals surface area (Å²) in [6.45, 7) is 8.80. The van der Waals surface area contributed by atoms with E-state index in [1.54, 1.807) is 6.07 Å². The van der Waals surface area contributed by atoms with Crippen molar-refractivity contribution in [2.75, 3.05) is 5.32 Å². The van der Waals surface area contributed by atoms with E-state index in [0.29, 0.717) is 11.3 Å². The number of nitrogens with zero attached hydrogens (tertiary/aromatic N) is 2. The van der Waals surface area contributed by atoms with Crippen LogP contribution in [0.4, 0.5) is 5.82 Å². The smallest absolute Gasteiger partial charge is 0.374 e. The van der Waals surface area contributed by atoms with Gasteiger partial charge in [0, 0.05) is 11.4 Å². The molecule has 110 valence electrons. The van der Waals surface area contributed by atoms with Crippen LogP contribution in [-0.4, -0.2) is 27.1 Å². The fourth-order valence-electron chi connectivity index (χ4n) is 2.98. The zero-order chi connectivity index (χ0) is 15.4. The van der Waals surface area contributed by atoms with Crippen LogP contribution in [0.15, 0.2) is 24.3 Å². The monoisotopic (exact) mass is 285 g/mol. The minimum absolute atomic E-state index is 0.141. The first kappa shape index (κ1) is 13.8. The topological polar surface area (TPSA) is 75.1 Å². The van der Waals surface area contributed by atoms with Crippen LogP contribution in [0.1, 0.15) is 38.3 Å². The number of aromatic nitrogens is 2. The number of anilines is 1. The molecule has 2 N–H and O–H groups in total. The Bertz CT molecular complexity index is 723. The number of nitrogens with one attached hydrogen (secondary N) is 1. The van der Waals surface area contributed by atoms with Crippen LogP contribution in [0.2, 0.25) is 0 Å². The molecule has 1 aliphatic carbocycles. The highest BCUT2D eigenvalue weighted by Gasteiger charge is 2.65. The number of benzene rings is 1. The van der Waals surface area contributed by atoms with E-state index < -0.39 is 5.97 Å². The van der Waals surface area contributed by atoms with Gasteiger partial charge in [-0.25, -0.2) is 14.8 Å². The Kier molecular flexibility index (Phi) is 2.74. The van der Waals surface area contributed by atoms with Gasteiger partial charge >= 0.3 is 5.97 Å². The number of para-hydroxylation sites is 1. The minimum atomic E-state index is -1.11. The summed E-state index contributed by atoms with van der Waals surface area (Å²) in [7, 11) is 0.